The highest BCUT2D eigenvalue weighted by Crippen LogP contribution is 2.19. The van der Waals surface area contributed by atoms with Crippen molar-refractivity contribution < 1.29 is 9.21 Å². The summed E-state index contributed by atoms with van der Waals surface area (Å²) in [6, 6.07) is 4.00. The first kappa shape index (κ1) is 17.3. The number of amides is 1. The fraction of sp³-hybridized carbons (Fsp3) is 0.611. The van der Waals surface area contributed by atoms with Crippen LogP contribution in [-0.4, -0.2) is 23.9 Å². The molecule has 0 N–H and O–H groups in total. The summed E-state index contributed by atoms with van der Waals surface area (Å²) in [5.74, 6) is 0.696. The highest BCUT2D eigenvalue weighted by molar-refractivity contribution is 5.95. The fourth-order valence-corrected chi connectivity index (χ4v) is 2.91. The van der Waals surface area contributed by atoms with Gasteiger partial charge < -0.3 is 9.32 Å². The van der Waals surface area contributed by atoms with E-state index in [0.29, 0.717) is 36.8 Å². The maximum atomic E-state index is 12.6. The van der Waals surface area contributed by atoms with Gasteiger partial charge in [0, 0.05) is 19.5 Å². The molecule has 0 radical (unpaired) electrons. The van der Waals surface area contributed by atoms with E-state index in [1.807, 2.05) is 0 Å². The summed E-state index contributed by atoms with van der Waals surface area (Å²) >= 11 is 0. The molecule has 1 saturated heterocycles. The van der Waals surface area contributed by atoms with Crippen molar-refractivity contribution in [2.24, 2.45) is 11.8 Å². The van der Waals surface area contributed by atoms with Gasteiger partial charge in [-0.05, 0) is 43.7 Å². The Morgan fingerprint density at radius 3 is 2.87 bits per heavy atom. The molecular weight excluding hydrogens is 292 g/mol. The molecule has 0 bridgehead atoms. The Balaban J connectivity index is 2.21. The van der Waals surface area contributed by atoms with Crippen molar-refractivity contribution in [1.82, 2.24) is 4.90 Å². The van der Waals surface area contributed by atoms with Crippen molar-refractivity contribution in [2.45, 2.75) is 46.5 Å². The van der Waals surface area contributed by atoms with Gasteiger partial charge in [0.05, 0.1) is 12.0 Å². The molecule has 1 amide bonds. The number of piperidine rings is 1. The highest BCUT2D eigenvalue weighted by Gasteiger charge is 2.27. The molecule has 5 heteroatoms. The normalized spacial score (nSPS) is 18.0. The van der Waals surface area contributed by atoms with Crippen LogP contribution in [-0.2, 0) is 6.42 Å². The van der Waals surface area contributed by atoms with Crippen LogP contribution in [0.2, 0.25) is 0 Å². The number of nitrogens with zero attached hydrogens (tertiary/aromatic N) is 2. The first-order chi connectivity index (χ1) is 10.9. The molecule has 0 aromatic carbocycles. The van der Waals surface area contributed by atoms with E-state index >= 15 is 0 Å². The summed E-state index contributed by atoms with van der Waals surface area (Å²) in [5, 5.41) is 9.04. The third-order valence-electron chi connectivity index (χ3n) is 4.27. The van der Waals surface area contributed by atoms with Crippen molar-refractivity contribution in [3.05, 3.63) is 33.4 Å². The zero-order valence-corrected chi connectivity index (χ0v) is 14.1. The molecule has 2 rings (SSSR count). The Hall–Kier alpha value is -2.09. The minimum absolute atomic E-state index is 0.108. The Morgan fingerprint density at radius 2 is 2.26 bits per heavy atom. The van der Waals surface area contributed by atoms with Crippen molar-refractivity contribution >= 4 is 5.91 Å². The van der Waals surface area contributed by atoms with E-state index < -0.39 is 5.63 Å². The summed E-state index contributed by atoms with van der Waals surface area (Å²) in [6.07, 6.45) is 3.23. The summed E-state index contributed by atoms with van der Waals surface area (Å²) in [5.41, 5.74) is 0.203. The largest absolute Gasteiger partial charge is 0.427 e. The average Bonchev–Trinajstić information content (AvgIpc) is 2.52. The van der Waals surface area contributed by atoms with Crippen LogP contribution >= 0.6 is 0 Å². The van der Waals surface area contributed by atoms with Crippen LogP contribution in [0.5, 0.6) is 0 Å². The van der Waals surface area contributed by atoms with Crippen LogP contribution in [0.4, 0.5) is 0 Å². The van der Waals surface area contributed by atoms with Gasteiger partial charge in [-0.15, -0.1) is 0 Å². The fourth-order valence-electron chi connectivity index (χ4n) is 2.91. The molecule has 1 aromatic rings. The van der Waals surface area contributed by atoms with Crippen molar-refractivity contribution in [3.8, 4) is 6.07 Å². The first-order valence-corrected chi connectivity index (χ1v) is 8.25. The number of likely N-dealkylation sites (tertiary alicyclic amines) is 1. The van der Waals surface area contributed by atoms with E-state index in [9.17, 15) is 9.59 Å². The van der Waals surface area contributed by atoms with Gasteiger partial charge in [0.25, 0.3) is 5.91 Å². The van der Waals surface area contributed by atoms with Crippen LogP contribution < -0.4 is 5.63 Å². The number of hydrogen-bond donors (Lipinski definition) is 0. The van der Waals surface area contributed by atoms with E-state index in [0.717, 1.165) is 19.3 Å². The second-order valence-corrected chi connectivity index (χ2v) is 6.71. The Morgan fingerprint density at radius 1 is 1.52 bits per heavy atom. The lowest BCUT2D eigenvalue weighted by Crippen LogP contribution is -2.41. The van der Waals surface area contributed by atoms with Crippen LogP contribution in [0.3, 0.4) is 0 Å². The van der Waals surface area contributed by atoms with E-state index in [4.69, 9.17) is 9.68 Å². The standard InChI is InChI=1S/C18H24N2O3/c1-12(2)6-7-15-9-13(3)16(18(22)23-15)17(21)20-8-4-5-14(10-19)11-20/h9,12,14H,4-8,11H2,1-3H3. The van der Waals surface area contributed by atoms with Gasteiger partial charge in [0.15, 0.2) is 0 Å². The van der Waals surface area contributed by atoms with Gasteiger partial charge in [-0.25, -0.2) is 4.79 Å². The summed E-state index contributed by atoms with van der Waals surface area (Å²) in [7, 11) is 0. The molecule has 1 aliphatic heterocycles. The summed E-state index contributed by atoms with van der Waals surface area (Å²) in [4.78, 5) is 26.5. The minimum Gasteiger partial charge on any atom is -0.427 e. The molecule has 1 fully saturated rings. The number of aryl methyl sites for hydroxylation is 2. The quantitative estimate of drug-likeness (QED) is 0.856. The molecule has 5 nitrogen and oxygen atoms in total. The molecule has 1 unspecified atom stereocenters. The van der Waals surface area contributed by atoms with Crippen molar-refractivity contribution in [1.29, 1.82) is 5.26 Å². The zero-order valence-electron chi connectivity index (χ0n) is 14.1. The van der Waals surface area contributed by atoms with Gasteiger partial charge in [-0.2, -0.15) is 5.26 Å². The topological polar surface area (TPSA) is 74.3 Å². The van der Waals surface area contributed by atoms with E-state index in [-0.39, 0.29) is 17.4 Å². The predicted molar refractivity (Wildman–Crippen MR) is 87.1 cm³/mol. The highest BCUT2D eigenvalue weighted by atomic mass is 16.4. The van der Waals surface area contributed by atoms with Gasteiger partial charge in [-0.1, -0.05) is 13.8 Å². The van der Waals surface area contributed by atoms with Crippen LogP contribution in [0.15, 0.2) is 15.3 Å². The van der Waals surface area contributed by atoms with Crippen LogP contribution in [0.1, 0.15) is 54.8 Å². The lowest BCUT2D eigenvalue weighted by molar-refractivity contribution is 0.0693. The monoisotopic (exact) mass is 316 g/mol. The SMILES string of the molecule is Cc1cc(CCC(C)C)oc(=O)c1C(=O)N1CCCC(C#N)C1. The number of rotatable bonds is 4. The molecule has 23 heavy (non-hydrogen) atoms. The summed E-state index contributed by atoms with van der Waals surface area (Å²) in [6.45, 7) is 6.98. The third kappa shape index (κ3) is 4.22. The maximum absolute atomic E-state index is 12.6. The molecule has 124 valence electrons. The Labute approximate surface area is 136 Å². The van der Waals surface area contributed by atoms with Gasteiger partial charge in [-0.3, -0.25) is 4.79 Å². The lowest BCUT2D eigenvalue weighted by atomic mass is 9.98. The van der Waals surface area contributed by atoms with E-state index in [1.54, 1.807) is 17.9 Å². The van der Waals surface area contributed by atoms with Gasteiger partial charge in [0.1, 0.15) is 11.3 Å². The molecule has 1 atom stereocenters. The number of carbonyl (C=O) groups is 1. The van der Waals surface area contributed by atoms with Crippen LogP contribution in [0, 0.1) is 30.1 Å². The maximum Gasteiger partial charge on any atom is 0.349 e. The molecule has 2 heterocycles. The molecular formula is C18H24N2O3. The van der Waals surface area contributed by atoms with Crippen molar-refractivity contribution in [2.75, 3.05) is 13.1 Å². The average molecular weight is 316 g/mol. The van der Waals surface area contributed by atoms with Crippen LogP contribution in [0.25, 0.3) is 0 Å². The summed E-state index contributed by atoms with van der Waals surface area (Å²) < 4.78 is 5.34. The molecule has 0 aliphatic carbocycles. The number of carbonyl (C=O) groups excluding carboxylic acids is 1. The van der Waals surface area contributed by atoms with E-state index in [1.165, 1.54) is 0 Å². The van der Waals surface area contributed by atoms with Crippen molar-refractivity contribution in [3.63, 3.8) is 0 Å². The molecule has 1 aliphatic rings. The number of nitriles is 1. The van der Waals surface area contributed by atoms with Gasteiger partial charge >= 0.3 is 5.63 Å². The third-order valence-corrected chi connectivity index (χ3v) is 4.27. The smallest absolute Gasteiger partial charge is 0.349 e. The zero-order chi connectivity index (χ0) is 17.0. The predicted octanol–water partition coefficient (Wildman–Crippen LogP) is 2.91. The second kappa shape index (κ2) is 7.45. The van der Waals surface area contributed by atoms with Gasteiger partial charge in [0.2, 0.25) is 0 Å². The minimum atomic E-state index is -0.562. The Bertz CT molecular complexity index is 670. The second-order valence-electron chi connectivity index (χ2n) is 6.71. The molecule has 0 saturated carbocycles. The number of hydrogen-bond acceptors (Lipinski definition) is 4. The lowest BCUT2D eigenvalue weighted by Gasteiger charge is -2.29. The van der Waals surface area contributed by atoms with E-state index in [2.05, 4.69) is 19.9 Å². The Kier molecular flexibility index (Phi) is 5.59. The molecule has 1 aromatic heterocycles. The first-order valence-electron chi connectivity index (χ1n) is 8.25. The molecule has 0 spiro atoms.